The maximum absolute atomic E-state index is 14.0. The number of rotatable bonds is 7. The van der Waals surface area contributed by atoms with E-state index in [1.807, 2.05) is 18.2 Å². The SMILES string of the molecule is CN(Cc1ccccn1)C(=O)c1cccc(CN2C(=N)NC(c3ccc(F)cc3)(c3ccc(F)cc3)C2=O)c1. The fraction of sp³-hybridized carbons (Fsp3) is 0.133. The molecule has 1 aliphatic rings. The van der Waals surface area contributed by atoms with E-state index in [2.05, 4.69) is 10.3 Å². The Bertz CT molecular complexity index is 1480. The highest BCUT2D eigenvalue weighted by Crippen LogP contribution is 2.36. The molecule has 0 bridgehead atoms. The van der Waals surface area contributed by atoms with Crippen LogP contribution in [0.4, 0.5) is 8.78 Å². The van der Waals surface area contributed by atoms with Crippen LogP contribution in [0.1, 0.15) is 32.7 Å². The minimum absolute atomic E-state index is 0.0138. The average molecular weight is 526 g/mol. The molecule has 0 radical (unpaired) electrons. The number of amides is 2. The number of hydrogen-bond acceptors (Lipinski definition) is 4. The number of nitrogens with zero attached hydrogens (tertiary/aromatic N) is 3. The third kappa shape index (κ3) is 4.98. The van der Waals surface area contributed by atoms with Crippen molar-refractivity contribution >= 4 is 17.8 Å². The van der Waals surface area contributed by atoms with E-state index in [-0.39, 0.29) is 18.4 Å². The normalized spacial score (nSPS) is 14.3. The molecule has 0 atom stereocenters. The monoisotopic (exact) mass is 525 g/mol. The van der Waals surface area contributed by atoms with Gasteiger partial charge in [0.25, 0.3) is 11.8 Å². The van der Waals surface area contributed by atoms with Crippen molar-refractivity contribution in [2.75, 3.05) is 7.05 Å². The van der Waals surface area contributed by atoms with Gasteiger partial charge in [0.15, 0.2) is 11.5 Å². The van der Waals surface area contributed by atoms with E-state index in [4.69, 9.17) is 5.41 Å². The molecule has 1 fully saturated rings. The van der Waals surface area contributed by atoms with Gasteiger partial charge in [0.1, 0.15) is 11.6 Å². The van der Waals surface area contributed by atoms with Gasteiger partial charge in [-0.3, -0.25) is 24.9 Å². The molecular weight excluding hydrogens is 500 g/mol. The molecule has 1 saturated heterocycles. The minimum atomic E-state index is -1.55. The fourth-order valence-electron chi connectivity index (χ4n) is 4.72. The smallest absolute Gasteiger partial charge is 0.264 e. The number of benzene rings is 3. The standard InChI is InChI=1S/C30H25F2N5O2/c1-36(19-26-7-2-3-16-34-26)27(38)21-6-4-5-20(17-21)18-37-28(39)30(35-29(37)33,22-8-12-24(31)13-9-22)23-10-14-25(32)15-11-23/h2-17H,18-19H2,1H3,(H2,33,35). The first kappa shape index (κ1) is 25.7. The second-order valence-corrected chi connectivity index (χ2v) is 9.31. The van der Waals surface area contributed by atoms with Crippen LogP contribution in [-0.2, 0) is 23.4 Å². The second kappa shape index (κ2) is 10.4. The lowest BCUT2D eigenvalue weighted by Crippen LogP contribution is -2.45. The Hall–Kier alpha value is -4.92. The lowest BCUT2D eigenvalue weighted by Gasteiger charge is -2.28. The number of guanidine groups is 1. The van der Waals surface area contributed by atoms with Crippen molar-refractivity contribution in [3.8, 4) is 0 Å². The Morgan fingerprint density at radius 1 is 0.949 bits per heavy atom. The molecular formula is C30H25F2N5O2. The van der Waals surface area contributed by atoms with Crippen molar-refractivity contribution in [3.63, 3.8) is 0 Å². The first-order valence-corrected chi connectivity index (χ1v) is 12.2. The molecule has 7 nitrogen and oxygen atoms in total. The van der Waals surface area contributed by atoms with Crippen molar-refractivity contribution in [3.05, 3.63) is 137 Å². The molecule has 196 valence electrons. The van der Waals surface area contributed by atoms with Crippen LogP contribution in [0.15, 0.2) is 97.2 Å². The molecule has 0 unspecified atom stereocenters. The van der Waals surface area contributed by atoms with Gasteiger partial charge in [0, 0.05) is 18.8 Å². The number of nitrogens with one attached hydrogen (secondary N) is 2. The van der Waals surface area contributed by atoms with Gasteiger partial charge in [-0.2, -0.15) is 0 Å². The number of carbonyl (C=O) groups excluding carboxylic acids is 2. The summed E-state index contributed by atoms with van der Waals surface area (Å²) in [6.07, 6.45) is 1.67. The molecule has 3 aromatic carbocycles. The van der Waals surface area contributed by atoms with Crippen LogP contribution in [0.5, 0.6) is 0 Å². The summed E-state index contributed by atoms with van der Waals surface area (Å²) < 4.78 is 27.5. The number of halogens is 2. The van der Waals surface area contributed by atoms with Gasteiger partial charge in [0.2, 0.25) is 0 Å². The van der Waals surface area contributed by atoms with E-state index in [1.54, 1.807) is 42.4 Å². The van der Waals surface area contributed by atoms with Crippen LogP contribution in [0, 0.1) is 17.0 Å². The summed E-state index contributed by atoms with van der Waals surface area (Å²) >= 11 is 0. The molecule has 0 saturated carbocycles. The Balaban J connectivity index is 1.43. The summed E-state index contributed by atoms with van der Waals surface area (Å²) in [5, 5.41) is 11.6. The molecule has 1 aromatic heterocycles. The third-order valence-electron chi connectivity index (χ3n) is 6.68. The average Bonchev–Trinajstić information content (AvgIpc) is 3.19. The topological polar surface area (TPSA) is 89.4 Å². The zero-order valence-electron chi connectivity index (χ0n) is 21.1. The largest absolute Gasteiger partial charge is 0.336 e. The fourth-order valence-corrected chi connectivity index (χ4v) is 4.72. The van der Waals surface area contributed by atoms with Crippen molar-refractivity contribution in [2.45, 2.75) is 18.6 Å². The van der Waals surface area contributed by atoms with E-state index in [1.165, 1.54) is 53.4 Å². The lowest BCUT2D eigenvalue weighted by atomic mass is 9.82. The predicted molar refractivity (Wildman–Crippen MR) is 141 cm³/mol. The van der Waals surface area contributed by atoms with Gasteiger partial charge in [0.05, 0.1) is 18.8 Å². The maximum atomic E-state index is 14.0. The highest BCUT2D eigenvalue weighted by atomic mass is 19.1. The predicted octanol–water partition coefficient (Wildman–Crippen LogP) is 4.44. The molecule has 5 rings (SSSR count). The second-order valence-electron chi connectivity index (χ2n) is 9.31. The van der Waals surface area contributed by atoms with Crippen LogP contribution in [0.25, 0.3) is 0 Å². The van der Waals surface area contributed by atoms with E-state index in [0.29, 0.717) is 28.8 Å². The van der Waals surface area contributed by atoms with Crippen molar-refractivity contribution in [2.24, 2.45) is 0 Å². The van der Waals surface area contributed by atoms with E-state index in [0.717, 1.165) is 5.69 Å². The van der Waals surface area contributed by atoms with E-state index < -0.39 is 23.1 Å². The van der Waals surface area contributed by atoms with Gasteiger partial charge in [-0.15, -0.1) is 0 Å². The summed E-state index contributed by atoms with van der Waals surface area (Å²) in [6, 6.07) is 23.2. The summed E-state index contributed by atoms with van der Waals surface area (Å²) in [5.41, 5.74) is 1.10. The molecule has 2 amide bonds. The Morgan fingerprint density at radius 2 is 1.59 bits per heavy atom. The molecule has 0 spiro atoms. The molecule has 0 aliphatic carbocycles. The van der Waals surface area contributed by atoms with Gasteiger partial charge < -0.3 is 10.2 Å². The molecule has 9 heteroatoms. The Morgan fingerprint density at radius 3 is 2.18 bits per heavy atom. The van der Waals surface area contributed by atoms with Crippen LogP contribution >= 0.6 is 0 Å². The van der Waals surface area contributed by atoms with Crippen LogP contribution in [-0.4, -0.2) is 39.6 Å². The summed E-state index contributed by atoms with van der Waals surface area (Å²) in [5.74, 6) is -1.80. The number of aromatic nitrogens is 1. The van der Waals surface area contributed by atoms with Crippen LogP contribution < -0.4 is 5.32 Å². The quantitative estimate of drug-likeness (QED) is 0.373. The van der Waals surface area contributed by atoms with Crippen LogP contribution in [0.3, 0.4) is 0 Å². The van der Waals surface area contributed by atoms with Crippen molar-refractivity contribution in [1.82, 2.24) is 20.1 Å². The molecule has 1 aliphatic heterocycles. The van der Waals surface area contributed by atoms with Gasteiger partial charge in [-0.25, -0.2) is 8.78 Å². The maximum Gasteiger partial charge on any atom is 0.264 e. The van der Waals surface area contributed by atoms with Gasteiger partial charge in [-0.05, 0) is 65.2 Å². The molecule has 2 heterocycles. The first-order chi connectivity index (χ1) is 18.8. The highest BCUT2D eigenvalue weighted by molar-refractivity contribution is 6.10. The molecule has 2 N–H and O–H groups in total. The summed E-state index contributed by atoms with van der Waals surface area (Å²) in [6.45, 7) is 0.348. The lowest BCUT2D eigenvalue weighted by molar-refractivity contribution is -0.130. The van der Waals surface area contributed by atoms with Crippen LogP contribution in [0.2, 0.25) is 0 Å². The van der Waals surface area contributed by atoms with E-state index >= 15 is 0 Å². The number of carbonyl (C=O) groups is 2. The van der Waals surface area contributed by atoms with Crippen molar-refractivity contribution in [1.29, 1.82) is 5.41 Å². The third-order valence-corrected chi connectivity index (χ3v) is 6.68. The van der Waals surface area contributed by atoms with Crippen molar-refractivity contribution < 1.29 is 18.4 Å². The first-order valence-electron chi connectivity index (χ1n) is 12.2. The Labute approximate surface area is 224 Å². The Kier molecular flexibility index (Phi) is 6.89. The zero-order chi connectivity index (χ0) is 27.6. The summed E-state index contributed by atoms with van der Waals surface area (Å²) in [7, 11) is 1.69. The molecule has 4 aromatic rings. The van der Waals surface area contributed by atoms with Gasteiger partial charge in [-0.1, -0.05) is 42.5 Å². The zero-order valence-corrected chi connectivity index (χ0v) is 21.1. The highest BCUT2D eigenvalue weighted by Gasteiger charge is 2.52. The van der Waals surface area contributed by atoms with E-state index in [9.17, 15) is 18.4 Å². The minimum Gasteiger partial charge on any atom is -0.336 e. The number of pyridine rings is 1. The molecule has 39 heavy (non-hydrogen) atoms. The summed E-state index contributed by atoms with van der Waals surface area (Å²) in [4.78, 5) is 34.2. The van der Waals surface area contributed by atoms with Gasteiger partial charge >= 0.3 is 0 Å². The number of hydrogen-bond donors (Lipinski definition) is 2.